The number of sulfone groups is 1. The largest absolute Gasteiger partial charge is 0.354 e. The second-order valence-corrected chi connectivity index (χ2v) is 7.95. The van der Waals surface area contributed by atoms with Crippen LogP contribution in [0.2, 0.25) is 0 Å². The van der Waals surface area contributed by atoms with Crippen molar-refractivity contribution in [1.82, 2.24) is 15.6 Å². The van der Waals surface area contributed by atoms with Crippen LogP contribution in [-0.2, 0) is 16.4 Å². The van der Waals surface area contributed by atoms with Crippen LogP contribution in [0.1, 0.15) is 23.9 Å². The maximum Gasteiger partial charge on any atom is 0.191 e. The molecule has 21 heavy (non-hydrogen) atoms. The smallest absolute Gasteiger partial charge is 0.191 e. The van der Waals surface area contributed by atoms with Gasteiger partial charge in [0.2, 0.25) is 0 Å². The van der Waals surface area contributed by atoms with Crippen molar-refractivity contribution >= 4 is 51.1 Å². The number of thiazole rings is 1. The van der Waals surface area contributed by atoms with Crippen molar-refractivity contribution in [2.45, 2.75) is 32.9 Å². The van der Waals surface area contributed by atoms with Gasteiger partial charge in [0.05, 0.1) is 23.5 Å². The van der Waals surface area contributed by atoms with Gasteiger partial charge < -0.3 is 10.6 Å². The molecule has 1 aromatic rings. The van der Waals surface area contributed by atoms with Crippen LogP contribution in [0.4, 0.5) is 0 Å². The number of aromatic nitrogens is 1. The maximum absolute atomic E-state index is 11.1. The van der Waals surface area contributed by atoms with E-state index in [1.54, 1.807) is 18.4 Å². The molecule has 0 saturated heterocycles. The quantitative estimate of drug-likeness (QED) is 0.394. The average Bonchev–Trinajstić information content (AvgIpc) is 2.77. The summed E-state index contributed by atoms with van der Waals surface area (Å²) in [5.41, 5.74) is 2.83. The van der Waals surface area contributed by atoms with Gasteiger partial charge in [0.25, 0.3) is 0 Å². The number of hydrogen-bond acceptors (Lipinski definition) is 5. The molecule has 9 heteroatoms. The number of rotatable bonds is 6. The van der Waals surface area contributed by atoms with Crippen LogP contribution in [0, 0.1) is 6.92 Å². The van der Waals surface area contributed by atoms with Gasteiger partial charge in [-0.2, -0.15) is 0 Å². The van der Waals surface area contributed by atoms with E-state index in [-0.39, 0.29) is 35.8 Å². The van der Waals surface area contributed by atoms with E-state index in [0.29, 0.717) is 18.9 Å². The van der Waals surface area contributed by atoms with E-state index in [1.807, 2.05) is 19.4 Å². The molecule has 0 spiro atoms. The van der Waals surface area contributed by atoms with Crippen LogP contribution in [-0.4, -0.2) is 44.5 Å². The third kappa shape index (κ3) is 8.57. The van der Waals surface area contributed by atoms with Crippen LogP contribution in [0.3, 0.4) is 0 Å². The van der Waals surface area contributed by atoms with Crippen molar-refractivity contribution in [3.05, 3.63) is 16.1 Å². The molecular formula is C12H23IN4O2S2. The van der Waals surface area contributed by atoms with Crippen LogP contribution in [0.25, 0.3) is 0 Å². The zero-order valence-electron chi connectivity index (χ0n) is 12.7. The van der Waals surface area contributed by atoms with Gasteiger partial charge in [-0.25, -0.2) is 13.4 Å². The minimum absolute atomic E-state index is 0. The average molecular weight is 446 g/mol. The standard InChI is InChI=1S/C12H22N4O2S2.HI/c1-9(5-6-20(4,17)18)16-12(13-3)14-7-11-10(2)15-8-19-11;/h8-9H,5-7H2,1-4H3,(H2,13,14,16);1H. The third-order valence-electron chi connectivity index (χ3n) is 2.79. The lowest BCUT2D eigenvalue weighted by Gasteiger charge is -2.17. The van der Waals surface area contributed by atoms with Crippen LogP contribution < -0.4 is 10.6 Å². The van der Waals surface area contributed by atoms with E-state index in [4.69, 9.17) is 0 Å². The number of hydrogen-bond donors (Lipinski definition) is 2. The Hall–Kier alpha value is -0.420. The van der Waals surface area contributed by atoms with Crippen LogP contribution in [0.5, 0.6) is 0 Å². The summed E-state index contributed by atoms with van der Waals surface area (Å²) in [5.74, 6) is 0.838. The summed E-state index contributed by atoms with van der Waals surface area (Å²) >= 11 is 1.60. The molecule has 0 radical (unpaired) electrons. The molecule has 0 aliphatic carbocycles. The summed E-state index contributed by atoms with van der Waals surface area (Å²) in [6.45, 7) is 4.57. The van der Waals surface area contributed by atoms with Gasteiger partial charge in [0, 0.05) is 24.2 Å². The molecule has 0 saturated carbocycles. The van der Waals surface area contributed by atoms with E-state index >= 15 is 0 Å². The fraction of sp³-hybridized carbons (Fsp3) is 0.667. The molecule has 0 fully saturated rings. The Morgan fingerprint density at radius 1 is 1.52 bits per heavy atom. The fourth-order valence-electron chi connectivity index (χ4n) is 1.55. The summed E-state index contributed by atoms with van der Waals surface area (Å²) in [4.78, 5) is 9.48. The monoisotopic (exact) mass is 446 g/mol. The predicted octanol–water partition coefficient (Wildman–Crippen LogP) is 1.56. The van der Waals surface area contributed by atoms with E-state index in [0.717, 1.165) is 10.6 Å². The molecule has 1 heterocycles. The molecule has 1 aromatic heterocycles. The van der Waals surface area contributed by atoms with E-state index in [1.165, 1.54) is 6.26 Å². The summed E-state index contributed by atoms with van der Waals surface area (Å²) in [7, 11) is -1.23. The fourth-order valence-corrected chi connectivity index (χ4v) is 3.05. The first kappa shape index (κ1) is 20.6. The molecular weight excluding hydrogens is 423 g/mol. The number of guanidine groups is 1. The third-order valence-corrected chi connectivity index (χ3v) is 4.70. The highest BCUT2D eigenvalue weighted by Gasteiger charge is 2.10. The van der Waals surface area contributed by atoms with E-state index in [9.17, 15) is 8.42 Å². The molecule has 0 bridgehead atoms. The number of nitrogens with zero attached hydrogens (tertiary/aromatic N) is 2. The Morgan fingerprint density at radius 2 is 2.19 bits per heavy atom. The van der Waals surface area contributed by atoms with E-state index < -0.39 is 9.84 Å². The van der Waals surface area contributed by atoms with Crippen molar-refractivity contribution in [2.24, 2.45) is 4.99 Å². The molecule has 1 rings (SSSR count). The molecule has 1 unspecified atom stereocenters. The number of halogens is 1. The van der Waals surface area contributed by atoms with Crippen molar-refractivity contribution < 1.29 is 8.42 Å². The topological polar surface area (TPSA) is 83.4 Å². The SMILES string of the molecule is CN=C(NCc1scnc1C)NC(C)CCS(C)(=O)=O.I. The van der Waals surface area contributed by atoms with Crippen LogP contribution >= 0.6 is 35.3 Å². The minimum Gasteiger partial charge on any atom is -0.354 e. The molecule has 0 aliphatic rings. The summed E-state index contributed by atoms with van der Waals surface area (Å²) in [6, 6.07) is 0.0403. The highest BCUT2D eigenvalue weighted by molar-refractivity contribution is 14.0. The lowest BCUT2D eigenvalue weighted by Crippen LogP contribution is -2.42. The Kier molecular flexibility index (Phi) is 9.38. The molecule has 122 valence electrons. The van der Waals surface area contributed by atoms with Gasteiger partial charge in [-0.05, 0) is 20.3 Å². The molecule has 6 nitrogen and oxygen atoms in total. The predicted molar refractivity (Wildman–Crippen MR) is 99.4 cm³/mol. The second kappa shape index (κ2) is 9.57. The normalized spacial score (nSPS) is 13.4. The molecule has 0 aromatic carbocycles. The highest BCUT2D eigenvalue weighted by atomic mass is 127. The van der Waals surface area contributed by atoms with Gasteiger partial charge in [0.15, 0.2) is 5.96 Å². The van der Waals surface area contributed by atoms with Gasteiger partial charge >= 0.3 is 0 Å². The molecule has 2 N–H and O–H groups in total. The number of nitrogens with one attached hydrogen (secondary N) is 2. The first-order valence-electron chi connectivity index (χ1n) is 6.35. The van der Waals surface area contributed by atoms with Crippen LogP contribution in [0.15, 0.2) is 10.5 Å². The minimum atomic E-state index is -2.92. The van der Waals surface area contributed by atoms with Crippen molar-refractivity contribution in [3.63, 3.8) is 0 Å². The first-order chi connectivity index (χ1) is 9.31. The Labute approximate surface area is 147 Å². The number of aryl methyl sites for hydroxylation is 1. The first-order valence-corrected chi connectivity index (χ1v) is 9.29. The van der Waals surface area contributed by atoms with Gasteiger partial charge in [0.1, 0.15) is 9.84 Å². The summed E-state index contributed by atoms with van der Waals surface area (Å²) in [5, 5.41) is 6.38. The maximum atomic E-state index is 11.1. The van der Waals surface area contributed by atoms with Crippen molar-refractivity contribution in [1.29, 1.82) is 0 Å². The van der Waals surface area contributed by atoms with Gasteiger partial charge in [-0.1, -0.05) is 0 Å². The lowest BCUT2D eigenvalue weighted by atomic mass is 10.3. The van der Waals surface area contributed by atoms with Gasteiger partial charge in [-0.15, -0.1) is 35.3 Å². The Balaban J connectivity index is 0.00000400. The van der Waals surface area contributed by atoms with Crippen molar-refractivity contribution in [3.8, 4) is 0 Å². The van der Waals surface area contributed by atoms with E-state index in [2.05, 4.69) is 20.6 Å². The molecule has 0 aliphatic heterocycles. The lowest BCUT2D eigenvalue weighted by molar-refractivity contribution is 0.581. The number of aliphatic imine (C=N–C) groups is 1. The molecule has 0 amide bonds. The molecule has 1 atom stereocenters. The highest BCUT2D eigenvalue weighted by Crippen LogP contribution is 2.11. The summed E-state index contributed by atoms with van der Waals surface area (Å²) in [6.07, 6.45) is 1.80. The second-order valence-electron chi connectivity index (χ2n) is 4.75. The van der Waals surface area contributed by atoms with Crippen molar-refractivity contribution in [2.75, 3.05) is 19.1 Å². The Morgan fingerprint density at radius 3 is 2.67 bits per heavy atom. The zero-order chi connectivity index (χ0) is 15.2. The zero-order valence-corrected chi connectivity index (χ0v) is 16.7. The van der Waals surface area contributed by atoms with Gasteiger partial charge in [-0.3, -0.25) is 4.99 Å². The summed E-state index contributed by atoms with van der Waals surface area (Å²) < 4.78 is 22.3. The Bertz CT molecular complexity index is 557.